The molecule has 0 saturated carbocycles. The van der Waals surface area contributed by atoms with Crippen molar-refractivity contribution in [2.45, 2.75) is 26.3 Å². The summed E-state index contributed by atoms with van der Waals surface area (Å²) in [5.41, 5.74) is 0.708. The second-order valence-electron chi connectivity index (χ2n) is 4.23. The zero-order valence-electron chi connectivity index (χ0n) is 8.74. The molecule has 1 amide bonds. The Balaban J connectivity index is 2.58. The van der Waals surface area contributed by atoms with Crippen LogP contribution in [0.15, 0.2) is 24.0 Å². The molecular formula is C10H16N2O2. The molecule has 0 atom stereocenters. The molecule has 1 rings (SSSR count). The van der Waals surface area contributed by atoms with Crippen LogP contribution in [0.3, 0.4) is 0 Å². The van der Waals surface area contributed by atoms with Gasteiger partial charge in [-0.1, -0.05) is 0 Å². The van der Waals surface area contributed by atoms with Crippen LogP contribution in [0, 0.1) is 0 Å². The molecule has 0 aromatic rings. The number of carboxylic acid groups (broad SMARTS) is 1. The molecule has 1 heterocycles. The lowest BCUT2D eigenvalue weighted by Gasteiger charge is -2.35. The van der Waals surface area contributed by atoms with E-state index in [9.17, 15) is 4.79 Å². The predicted octanol–water partition coefficient (Wildman–Crippen LogP) is 1.77. The molecular weight excluding hydrogens is 180 g/mol. The van der Waals surface area contributed by atoms with Crippen LogP contribution in [0.25, 0.3) is 0 Å². The van der Waals surface area contributed by atoms with E-state index in [1.165, 1.54) is 0 Å². The number of hydrogen-bond donors (Lipinski definition) is 2. The first kappa shape index (κ1) is 10.6. The van der Waals surface area contributed by atoms with Crippen LogP contribution in [0.2, 0.25) is 0 Å². The quantitative estimate of drug-likeness (QED) is 0.672. The Labute approximate surface area is 83.9 Å². The second kappa shape index (κ2) is 3.74. The molecule has 0 aromatic heterocycles. The molecule has 0 saturated heterocycles. The molecule has 4 heteroatoms. The van der Waals surface area contributed by atoms with Crippen molar-refractivity contribution < 1.29 is 9.90 Å². The third-order valence-electron chi connectivity index (χ3n) is 2.05. The largest absolute Gasteiger partial charge is 0.465 e. The molecule has 0 aliphatic carbocycles. The summed E-state index contributed by atoms with van der Waals surface area (Å²) in [5, 5.41) is 10.8. The van der Waals surface area contributed by atoms with Gasteiger partial charge in [-0.25, -0.2) is 4.79 Å². The normalized spacial score (nSPS) is 16.5. The van der Waals surface area contributed by atoms with Crippen LogP contribution in [-0.4, -0.2) is 28.2 Å². The maximum Gasteiger partial charge on any atom is 0.409 e. The number of nitrogens with one attached hydrogen (secondary N) is 1. The van der Waals surface area contributed by atoms with Crippen molar-refractivity contribution in [3.8, 4) is 0 Å². The first-order valence-corrected chi connectivity index (χ1v) is 4.54. The Hall–Kier alpha value is -1.45. The van der Waals surface area contributed by atoms with Crippen molar-refractivity contribution in [1.29, 1.82) is 0 Å². The molecule has 0 radical (unpaired) electrons. The first-order chi connectivity index (χ1) is 6.39. The molecule has 0 aromatic carbocycles. The third kappa shape index (κ3) is 2.80. The van der Waals surface area contributed by atoms with Crippen molar-refractivity contribution in [3.63, 3.8) is 0 Å². The fraction of sp³-hybridized carbons (Fsp3) is 0.500. The summed E-state index contributed by atoms with van der Waals surface area (Å²) in [6.45, 7) is 7.07. The van der Waals surface area contributed by atoms with E-state index < -0.39 is 6.09 Å². The number of nitrogens with zero attached hydrogens (tertiary/aromatic N) is 1. The number of amides is 1. The minimum Gasteiger partial charge on any atom is -0.465 e. The average Bonchev–Trinajstić information content (AvgIpc) is 2.02. The van der Waals surface area contributed by atoms with Gasteiger partial charge < -0.3 is 10.0 Å². The topological polar surface area (TPSA) is 52.6 Å². The van der Waals surface area contributed by atoms with Crippen LogP contribution >= 0.6 is 0 Å². The van der Waals surface area contributed by atoms with Crippen LogP contribution in [-0.2, 0) is 0 Å². The number of rotatable bonds is 1. The second-order valence-corrected chi connectivity index (χ2v) is 4.23. The van der Waals surface area contributed by atoms with Gasteiger partial charge in [0, 0.05) is 24.0 Å². The Morgan fingerprint density at radius 1 is 1.57 bits per heavy atom. The van der Waals surface area contributed by atoms with Gasteiger partial charge >= 0.3 is 6.09 Å². The molecule has 0 unspecified atom stereocenters. The molecule has 1 aliphatic heterocycles. The monoisotopic (exact) mass is 196 g/mol. The van der Waals surface area contributed by atoms with E-state index in [0.717, 1.165) is 6.54 Å². The highest BCUT2D eigenvalue weighted by Crippen LogP contribution is 2.17. The van der Waals surface area contributed by atoms with Gasteiger partial charge in [0.15, 0.2) is 0 Å². The van der Waals surface area contributed by atoms with Crippen LogP contribution in [0.1, 0.15) is 20.8 Å². The van der Waals surface area contributed by atoms with Gasteiger partial charge in [-0.2, -0.15) is 0 Å². The van der Waals surface area contributed by atoms with Gasteiger partial charge in [-0.15, -0.1) is 0 Å². The fourth-order valence-corrected chi connectivity index (χ4v) is 1.21. The maximum absolute atomic E-state index is 10.3. The van der Waals surface area contributed by atoms with Gasteiger partial charge in [-0.05, 0) is 32.9 Å². The summed E-state index contributed by atoms with van der Waals surface area (Å²) in [7, 11) is 0. The molecule has 0 fully saturated rings. The van der Waals surface area contributed by atoms with Crippen LogP contribution in [0.5, 0.6) is 0 Å². The Kier molecular flexibility index (Phi) is 2.84. The van der Waals surface area contributed by atoms with E-state index in [1.54, 1.807) is 6.08 Å². The Bertz CT molecular complexity index is 287. The van der Waals surface area contributed by atoms with E-state index >= 15 is 0 Å². The zero-order chi connectivity index (χ0) is 10.8. The van der Waals surface area contributed by atoms with Crippen molar-refractivity contribution in [2.24, 2.45) is 0 Å². The predicted molar refractivity (Wildman–Crippen MR) is 54.8 cm³/mol. The molecule has 78 valence electrons. The third-order valence-corrected chi connectivity index (χ3v) is 2.05. The summed E-state index contributed by atoms with van der Waals surface area (Å²) in [4.78, 5) is 12.5. The average molecular weight is 196 g/mol. The van der Waals surface area contributed by atoms with Crippen molar-refractivity contribution in [2.75, 3.05) is 6.54 Å². The minimum atomic E-state index is -1.02. The van der Waals surface area contributed by atoms with Crippen LogP contribution < -0.4 is 5.32 Å². The van der Waals surface area contributed by atoms with E-state index in [2.05, 4.69) is 31.0 Å². The lowest BCUT2D eigenvalue weighted by Crippen LogP contribution is -2.39. The van der Waals surface area contributed by atoms with E-state index in [-0.39, 0.29) is 5.54 Å². The summed E-state index contributed by atoms with van der Waals surface area (Å²) in [5.74, 6) is 0. The van der Waals surface area contributed by atoms with Crippen molar-refractivity contribution in [3.05, 3.63) is 24.0 Å². The van der Waals surface area contributed by atoms with Crippen molar-refractivity contribution >= 4 is 6.09 Å². The minimum absolute atomic E-state index is 0.0712. The summed E-state index contributed by atoms with van der Waals surface area (Å²) < 4.78 is 0. The number of carbonyl (C=O) groups is 1. The van der Waals surface area contributed by atoms with E-state index in [1.807, 2.05) is 12.3 Å². The Morgan fingerprint density at radius 2 is 2.21 bits per heavy atom. The summed E-state index contributed by atoms with van der Waals surface area (Å²) >= 11 is 0. The summed E-state index contributed by atoms with van der Waals surface area (Å²) in [6, 6.07) is 0. The van der Waals surface area contributed by atoms with E-state index in [0.29, 0.717) is 5.70 Å². The fourth-order valence-electron chi connectivity index (χ4n) is 1.21. The molecule has 2 N–H and O–H groups in total. The molecule has 0 bridgehead atoms. The molecule has 14 heavy (non-hydrogen) atoms. The molecule has 0 spiro atoms. The number of allylic oxidation sites excluding steroid dienone is 1. The van der Waals surface area contributed by atoms with Gasteiger partial charge in [0.05, 0.1) is 0 Å². The van der Waals surface area contributed by atoms with Gasteiger partial charge in [-0.3, -0.25) is 5.32 Å². The highest BCUT2D eigenvalue weighted by atomic mass is 16.4. The standard InChI is InChI=1S/C10H16N2O2/c1-10(2,3)12-6-4-8(5-7-12)11-9(13)14/h4-6,11H,7H2,1-3H3,(H,13,14). The Morgan fingerprint density at radius 3 is 2.57 bits per heavy atom. The van der Waals surface area contributed by atoms with Gasteiger partial charge in [0.25, 0.3) is 0 Å². The summed E-state index contributed by atoms with van der Waals surface area (Å²) in [6.07, 6.45) is 4.51. The SMILES string of the molecule is CC(C)(C)N1C=CC(NC(=O)O)=CC1. The zero-order valence-corrected chi connectivity index (χ0v) is 8.74. The molecule has 4 nitrogen and oxygen atoms in total. The van der Waals surface area contributed by atoms with Crippen molar-refractivity contribution in [1.82, 2.24) is 10.2 Å². The van der Waals surface area contributed by atoms with E-state index in [4.69, 9.17) is 5.11 Å². The highest BCUT2D eigenvalue weighted by Gasteiger charge is 2.18. The number of hydrogen-bond acceptors (Lipinski definition) is 2. The van der Waals surface area contributed by atoms with Gasteiger partial charge in [0.2, 0.25) is 0 Å². The molecule has 1 aliphatic rings. The van der Waals surface area contributed by atoms with Gasteiger partial charge in [0.1, 0.15) is 0 Å². The smallest absolute Gasteiger partial charge is 0.409 e. The van der Waals surface area contributed by atoms with Crippen LogP contribution in [0.4, 0.5) is 4.79 Å². The highest BCUT2D eigenvalue weighted by molar-refractivity contribution is 5.67. The lowest BCUT2D eigenvalue weighted by molar-refractivity contribution is 0.197. The maximum atomic E-state index is 10.3. The first-order valence-electron chi connectivity index (χ1n) is 4.54. The lowest BCUT2D eigenvalue weighted by atomic mass is 10.1.